The Morgan fingerprint density at radius 3 is 2.60 bits per heavy atom. The largest absolute Gasteiger partial charge is 0.486 e. The molecule has 7 nitrogen and oxygen atoms in total. The van der Waals surface area contributed by atoms with Crippen molar-refractivity contribution in [2.24, 2.45) is 0 Å². The van der Waals surface area contributed by atoms with Crippen molar-refractivity contribution >= 4 is 27.3 Å². The van der Waals surface area contributed by atoms with E-state index >= 15 is 0 Å². The lowest BCUT2D eigenvalue weighted by molar-refractivity contribution is 0.171. The van der Waals surface area contributed by atoms with Crippen LogP contribution in [0.25, 0.3) is 0 Å². The summed E-state index contributed by atoms with van der Waals surface area (Å²) >= 11 is 6.04. The highest BCUT2D eigenvalue weighted by Crippen LogP contribution is 2.38. The molecule has 1 aromatic heterocycles. The van der Waals surface area contributed by atoms with Crippen LogP contribution in [0.5, 0.6) is 11.5 Å². The van der Waals surface area contributed by atoms with Crippen LogP contribution in [-0.2, 0) is 10.0 Å². The van der Waals surface area contributed by atoms with Crippen LogP contribution in [0.3, 0.4) is 0 Å². The van der Waals surface area contributed by atoms with E-state index in [9.17, 15) is 8.42 Å². The number of anilines is 1. The molecule has 0 aliphatic carbocycles. The molecule has 1 aromatic carbocycles. The number of hydrogen-bond acceptors (Lipinski definition) is 5. The Balaban J connectivity index is 1.95. The maximum Gasteiger partial charge on any atom is 0.265 e. The van der Waals surface area contributed by atoms with Gasteiger partial charge in [-0.05, 0) is 0 Å². The van der Waals surface area contributed by atoms with E-state index < -0.39 is 10.0 Å². The normalized spacial score (nSPS) is 14.1. The number of H-pyrrole nitrogens is 1. The fourth-order valence-electron chi connectivity index (χ4n) is 1.73. The molecule has 0 saturated carbocycles. The molecule has 2 aromatic rings. The molecule has 2 N–H and O–H groups in total. The van der Waals surface area contributed by atoms with Gasteiger partial charge in [0.15, 0.2) is 11.5 Å². The zero-order valence-electron chi connectivity index (χ0n) is 10.1. The molecule has 0 unspecified atom stereocenters. The highest BCUT2D eigenvalue weighted by Gasteiger charge is 2.20. The first-order valence-electron chi connectivity index (χ1n) is 5.67. The van der Waals surface area contributed by atoms with E-state index in [-0.39, 0.29) is 15.6 Å². The smallest absolute Gasteiger partial charge is 0.265 e. The first-order chi connectivity index (χ1) is 9.56. The molecule has 0 bridgehead atoms. The molecule has 2 heterocycles. The van der Waals surface area contributed by atoms with E-state index in [4.69, 9.17) is 21.1 Å². The Labute approximate surface area is 119 Å². The van der Waals surface area contributed by atoms with Crippen LogP contribution in [0.4, 0.5) is 5.69 Å². The van der Waals surface area contributed by atoms with Gasteiger partial charge in [0.2, 0.25) is 0 Å². The molecule has 1 aliphatic rings. The van der Waals surface area contributed by atoms with E-state index in [0.717, 1.165) is 0 Å². The third-order valence-corrected chi connectivity index (χ3v) is 4.30. The zero-order chi connectivity index (χ0) is 14.2. The van der Waals surface area contributed by atoms with Gasteiger partial charge in [-0.15, -0.1) is 0 Å². The third kappa shape index (κ3) is 2.39. The van der Waals surface area contributed by atoms with Crippen molar-refractivity contribution in [1.82, 2.24) is 10.2 Å². The molecule has 9 heteroatoms. The topological polar surface area (TPSA) is 93.3 Å². The number of hydrogen-bond donors (Lipinski definition) is 2. The first kappa shape index (κ1) is 13.1. The lowest BCUT2D eigenvalue weighted by Crippen LogP contribution is -2.17. The Kier molecular flexibility index (Phi) is 3.19. The van der Waals surface area contributed by atoms with Crippen LogP contribution in [0.1, 0.15) is 0 Å². The number of halogens is 1. The number of ether oxygens (including phenoxy) is 2. The van der Waals surface area contributed by atoms with E-state index in [2.05, 4.69) is 14.9 Å². The summed E-state index contributed by atoms with van der Waals surface area (Å²) in [6.45, 7) is 0.839. The fraction of sp³-hybridized carbons (Fsp3) is 0.182. The molecule has 0 spiro atoms. The highest BCUT2D eigenvalue weighted by atomic mass is 35.5. The molecule has 20 heavy (non-hydrogen) atoms. The number of rotatable bonds is 3. The summed E-state index contributed by atoms with van der Waals surface area (Å²) in [4.78, 5) is 0.0171. The maximum absolute atomic E-state index is 12.1. The molecule has 106 valence electrons. The first-order valence-corrected chi connectivity index (χ1v) is 7.53. The zero-order valence-corrected chi connectivity index (χ0v) is 11.7. The maximum atomic E-state index is 12.1. The van der Waals surface area contributed by atoms with Crippen LogP contribution in [0.15, 0.2) is 29.4 Å². The molecule has 0 amide bonds. The fourth-order valence-corrected chi connectivity index (χ4v) is 2.96. The van der Waals surface area contributed by atoms with Crippen molar-refractivity contribution in [3.05, 3.63) is 29.5 Å². The van der Waals surface area contributed by atoms with Gasteiger partial charge in [-0.2, -0.15) is 5.10 Å². The van der Waals surface area contributed by atoms with Gasteiger partial charge in [0, 0.05) is 18.3 Å². The summed E-state index contributed by atoms with van der Waals surface area (Å²) in [7, 11) is -3.74. The predicted octanol–water partition coefficient (Wildman–Crippen LogP) is 1.64. The van der Waals surface area contributed by atoms with Crippen LogP contribution in [0.2, 0.25) is 5.02 Å². The predicted molar refractivity (Wildman–Crippen MR) is 71.8 cm³/mol. The standard InChI is InChI=1S/C11H10ClN3O4S/c12-8-3-10-11(19-2-1-18-10)4-9(8)15-20(16,17)7-5-13-14-6-7/h3-6,15H,1-2H2,(H,13,14). The third-order valence-electron chi connectivity index (χ3n) is 2.66. The number of nitrogens with zero attached hydrogens (tertiary/aromatic N) is 1. The minimum Gasteiger partial charge on any atom is -0.486 e. The molecule has 1 aliphatic heterocycles. The van der Waals surface area contributed by atoms with Crippen molar-refractivity contribution in [3.8, 4) is 11.5 Å². The summed E-state index contributed by atoms with van der Waals surface area (Å²) in [6.07, 6.45) is 2.47. The van der Waals surface area contributed by atoms with Crippen LogP contribution >= 0.6 is 11.6 Å². The van der Waals surface area contributed by atoms with Crippen LogP contribution < -0.4 is 14.2 Å². The average Bonchev–Trinajstić information content (AvgIpc) is 2.94. The van der Waals surface area contributed by atoms with E-state index in [1.54, 1.807) is 0 Å². The van der Waals surface area contributed by atoms with Gasteiger partial charge < -0.3 is 9.47 Å². The number of aromatic amines is 1. The summed E-state index contributed by atoms with van der Waals surface area (Å²) in [5, 5.41) is 6.26. The minimum atomic E-state index is -3.74. The second-order valence-corrected chi connectivity index (χ2v) is 6.10. The van der Waals surface area contributed by atoms with Gasteiger partial charge in [0.05, 0.1) is 16.9 Å². The molecule has 3 rings (SSSR count). The second kappa shape index (κ2) is 4.88. The molecular weight excluding hydrogens is 306 g/mol. The van der Waals surface area contributed by atoms with Gasteiger partial charge in [0.25, 0.3) is 10.0 Å². The second-order valence-electron chi connectivity index (χ2n) is 4.02. The number of nitrogens with one attached hydrogen (secondary N) is 2. The van der Waals surface area contributed by atoms with Crippen molar-refractivity contribution in [2.45, 2.75) is 4.90 Å². The van der Waals surface area contributed by atoms with E-state index in [0.29, 0.717) is 24.7 Å². The van der Waals surface area contributed by atoms with Crippen LogP contribution in [-0.4, -0.2) is 31.8 Å². The van der Waals surface area contributed by atoms with E-state index in [1.807, 2.05) is 0 Å². The number of benzene rings is 1. The van der Waals surface area contributed by atoms with Crippen molar-refractivity contribution in [3.63, 3.8) is 0 Å². The molecule has 0 saturated heterocycles. The molecular formula is C11H10ClN3O4S. The van der Waals surface area contributed by atoms with Gasteiger partial charge in [-0.3, -0.25) is 9.82 Å². The monoisotopic (exact) mass is 315 g/mol. The number of aromatic nitrogens is 2. The average molecular weight is 316 g/mol. The Hall–Kier alpha value is -1.93. The van der Waals surface area contributed by atoms with Gasteiger partial charge in [-0.1, -0.05) is 11.6 Å². The summed E-state index contributed by atoms with van der Waals surface area (Å²) in [5.41, 5.74) is 0.220. The molecule has 0 radical (unpaired) electrons. The SMILES string of the molecule is O=S(=O)(Nc1cc2c(cc1Cl)OCCO2)c1cn[nH]c1. The minimum absolute atomic E-state index is 0.0171. The number of sulfonamides is 1. The van der Waals surface area contributed by atoms with Crippen molar-refractivity contribution < 1.29 is 17.9 Å². The Morgan fingerprint density at radius 2 is 1.95 bits per heavy atom. The van der Waals surface area contributed by atoms with Gasteiger partial charge in [-0.25, -0.2) is 8.42 Å². The lowest BCUT2D eigenvalue weighted by atomic mass is 10.2. The van der Waals surface area contributed by atoms with Crippen molar-refractivity contribution in [1.29, 1.82) is 0 Å². The van der Waals surface area contributed by atoms with Crippen molar-refractivity contribution in [2.75, 3.05) is 17.9 Å². The van der Waals surface area contributed by atoms with Gasteiger partial charge >= 0.3 is 0 Å². The molecule has 0 atom stereocenters. The highest BCUT2D eigenvalue weighted by molar-refractivity contribution is 7.92. The lowest BCUT2D eigenvalue weighted by Gasteiger charge is -2.20. The van der Waals surface area contributed by atoms with Gasteiger partial charge in [0.1, 0.15) is 18.1 Å². The van der Waals surface area contributed by atoms with E-state index in [1.165, 1.54) is 24.5 Å². The summed E-state index contributed by atoms with van der Waals surface area (Å²) in [5.74, 6) is 0.943. The summed E-state index contributed by atoms with van der Waals surface area (Å²) in [6, 6.07) is 3.01. The molecule has 0 fully saturated rings. The summed E-state index contributed by atoms with van der Waals surface area (Å²) < 4.78 is 37.3. The Bertz CT molecular complexity index is 730. The quantitative estimate of drug-likeness (QED) is 0.898. The number of fused-ring (bicyclic) bond motifs is 1. The Morgan fingerprint density at radius 1 is 1.25 bits per heavy atom. The van der Waals surface area contributed by atoms with Crippen LogP contribution in [0, 0.1) is 0 Å².